The van der Waals surface area contributed by atoms with Crippen molar-refractivity contribution in [2.45, 2.75) is 20.0 Å². The fourth-order valence-corrected chi connectivity index (χ4v) is 2.13. The monoisotopic (exact) mass is 285 g/mol. The molecule has 1 unspecified atom stereocenters. The van der Waals surface area contributed by atoms with E-state index in [2.05, 4.69) is 5.32 Å². The van der Waals surface area contributed by atoms with Crippen molar-refractivity contribution < 1.29 is 14.6 Å². The van der Waals surface area contributed by atoms with E-state index in [1.165, 1.54) is 0 Å². The number of rotatable bonds is 4. The fraction of sp³-hybridized carbons (Fsp3) is 0.235. The van der Waals surface area contributed by atoms with Gasteiger partial charge in [-0.15, -0.1) is 0 Å². The highest BCUT2D eigenvalue weighted by Crippen LogP contribution is 2.24. The topological polar surface area (TPSA) is 58.6 Å². The van der Waals surface area contributed by atoms with Gasteiger partial charge in [0.1, 0.15) is 5.75 Å². The van der Waals surface area contributed by atoms with Crippen LogP contribution in [0.25, 0.3) is 0 Å². The van der Waals surface area contributed by atoms with Crippen molar-refractivity contribution in [1.29, 1.82) is 0 Å². The van der Waals surface area contributed by atoms with E-state index in [1.807, 2.05) is 25.1 Å². The number of hydrogen-bond donors (Lipinski definition) is 2. The molecule has 0 aliphatic heterocycles. The number of aliphatic hydroxyl groups is 1. The molecule has 0 heterocycles. The zero-order chi connectivity index (χ0) is 15.4. The number of hydrogen-bond acceptors (Lipinski definition) is 3. The van der Waals surface area contributed by atoms with Gasteiger partial charge in [0.25, 0.3) is 5.91 Å². The quantitative estimate of drug-likeness (QED) is 0.906. The second-order valence-electron chi connectivity index (χ2n) is 4.90. The Bertz CT molecular complexity index is 650. The lowest BCUT2D eigenvalue weighted by Crippen LogP contribution is -2.14. The van der Waals surface area contributed by atoms with Crippen LogP contribution in [0.4, 0.5) is 5.69 Å². The summed E-state index contributed by atoms with van der Waals surface area (Å²) in [5.74, 6) is 0.438. The molecule has 4 heteroatoms. The minimum atomic E-state index is -0.644. The van der Waals surface area contributed by atoms with E-state index in [0.717, 1.165) is 5.56 Å². The molecular formula is C17H19NO3. The highest BCUT2D eigenvalue weighted by Gasteiger charge is 2.12. The third kappa shape index (κ3) is 3.41. The normalized spacial score (nSPS) is 11.8. The van der Waals surface area contributed by atoms with Gasteiger partial charge in [0.15, 0.2) is 0 Å². The van der Waals surface area contributed by atoms with Crippen LogP contribution in [0.5, 0.6) is 5.75 Å². The third-order valence-electron chi connectivity index (χ3n) is 3.33. The number of carbonyl (C=O) groups excluding carboxylic acids is 1. The summed E-state index contributed by atoms with van der Waals surface area (Å²) >= 11 is 0. The molecule has 4 nitrogen and oxygen atoms in total. The van der Waals surface area contributed by atoms with Crippen LogP contribution in [-0.4, -0.2) is 18.1 Å². The van der Waals surface area contributed by atoms with E-state index in [4.69, 9.17) is 4.74 Å². The Balaban J connectivity index is 2.26. The zero-order valence-electron chi connectivity index (χ0n) is 12.4. The van der Waals surface area contributed by atoms with Crippen molar-refractivity contribution in [2.75, 3.05) is 12.4 Å². The van der Waals surface area contributed by atoms with E-state index in [1.54, 1.807) is 38.3 Å². The molecule has 1 amide bonds. The van der Waals surface area contributed by atoms with Gasteiger partial charge in [-0.25, -0.2) is 0 Å². The molecule has 2 aromatic rings. The number of anilines is 1. The predicted octanol–water partition coefficient (Wildman–Crippen LogP) is 3.31. The lowest BCUT2D eigenvalue weighted by atomic mass is 10.1. The Kier molecular flexibility index (Phi) is 4.60. The second kappa shape index (κ2) is 6.41. The summed E-state index contributed by atoms with van der Waals surface area (Å²) in [6.07, 6.45) is -0.644. The number of carbonyl (C=O) groups is 1. The summed E-state index contributed by atoms with van der Waals surface area (Å²) in [5.41, 5.74) is 2.78. The van der Waals surface area contributed by atoms with Crippen molar-refractivity contribution in [3.8, 4) is 5.75 Å². The molecular weight excluding hydrogens is 266 g/mol. The Morgan fingerprint density at radius 2 is 1.95 bits per heavy atom. The molecule has 0 aromatic heterocycles. The van der Waals surface area contributed by atoms with E-state index >= 15 is 0 Å². The maximum Gasteiger partial charge on any atom is 0.255 e. The van der Waals surface area contributed by atoms with Crippen molar-refractivity contribution in [3.63, 3.8) is 0 Å². The molecule has 21 heavy (non-hydrogen) atoms. The molecule has 110 valence electrons. The maximum absolute atomic E-state index is 12.3. The minimum absolute atomic E-state index is 0.235. The summed E-state index contributed by atoms with van der Waals surface area (Å²) < 4.78 is 5.23. The van der Waals surface area contributed by atoms with Crippen LogP contribution in [0.15, 0.2) is 42.5 Å². The largest absolute Gasteiger partial charge is 0.496 e. The van der Waals surface area contributed by atoms with Crippen molar-refractivity contribution in [3.05, 3.63) is 59.2 Å². The summed E-state index contributed by atoms with van der Waals surface area (Å²) in [7, 11) is 1.58. The first-order valence-corrected chi connectivity index (χ1v) is 6.76. The number of aryl methyl sites for hydroxylation is 1. The Morgan fingerprint density at radius 3 is 2.62 bits per heavy atom. The Morgan fingerprint density at radius 1 is 1.24 bits per heavy atom. The van der Waals surface area contributed by atoms with Crippen molar-refractivity contribution in [2.24, 2.45) is 0 Å². The third-order valence-corrected chi connectivity index (χ3v) is 3.33. The first kappa shape index (κ1) is 15.1. The Hall–Kier alpha value is -2.33. The van der Waals surface area contributed by atoms with Crippen LogP contribution in [0.2, 0.25) is 0 Å². The van der Waals surface area contributed by atoms with E-state index < -0.39 is 6.10 Å². The van der Waals surface area contributed by atoms with Crippen LogP contribution >= 0.6 is 0 Å². The molecule has 0 saturated carbocycles. The molecule has 0 saturated heterocycles. The molecule has 0 spiro atoms. The molecule has 2 aromatic carbocycles. The van der Waals surface area contributed by atoms with Crippen LogP contribution in [0, 0.1) is 6.92 Å². The predicted molar refractivity (Wildman–Crippen MR) is 82.8 cm³/mol. The highest BCUT2D eigenvalue weighted by atomic mass is 16.5. The average Bonchev–Trinajstić information content (AvgIpc) is 2.48. The van der Waals surface area contributed by atoms with Gasteiger partial charge in [0, 0.05) is 16.8 Å². The van der Waals surface area contributed by atoms with E-state index in [-0.39, 0.29) is 5.91 Å². The number of nitrogens with one attached hydrogen (secondary N) is 1. The van der Waals surface area contributed by atoms with Crippen LogP contribution in [0.3, 0.4) is 0 Å². The summed E-state index contributed by atoms with van der Waals surface area (Å²) in [6.45, 7) is 3.59. The molecule has 0 aliphatic rings. The number of benzene rings is 2. The highest BCUT2D eigenvalue weighted by molar-refractivity contribution is 6.05. The number of para-hydroxylation sites is 1. The lowest BCUT2D eigenvalue weighted by molar-refractivity contribution is 0.102. The standard InChI is InChI=1S/C17H19NO3/c1-11-8-9-13(10-16(11)21-3)17(20)18-15-7-5-4-6-14(15)12(2)19/h4-10,12,19H,1-3H3,(H,18,20). The second-order valence-corrected chi connectivity index (χ2v) is 4.90. The first-order valence-electron chi connectivity index (χ1n) is 6.76. The van der Waals surface area contributed by atoms with Gasteiger partial charge in [0.05, 0.1) is 13.2 Å². The molecule has 1 atom stereocenters. The van der Waals surface area contributed by atoms with Gasteiger partial charge in [-0.3, -0.25) is 4.79 Å². The average molecular weight is 285 g/mol. The molecule has 2 rings (SSSR count). The Labute approximate surface area is 124 Å². The van der Waals surface area contributed by atoms with Crippen LogP contribution < -0.4 is 10.1 Å². The number of aliphatic hydroxyl groups excluding tert-OH is 1. The summed E-state index contributed by atoms with van der Waals surface area (Å²) in [4.78, 5) is 12.3. The SMILES string of the molecule is COc1cc(C(=O)Nc2ccccc2C(C)O)ccc1C. The molecule has 0 radical (unpaired) electrons. The summed E-state index contributed by atoms with van der Waals surface area (Å²) in [5, 5.41) is 12.6. The smallest absolute Gasteiger partial charge is 0.255 e. The van der Waals surface area contributed by atoms with E-state index in [9.17, 15) is 9.90 Å². The van der Waals surface area contributed by atoms with Gasteiger partial charge in [-0.1, -0.05) is 24.3 Å². The van der Waals surface area contributed by atoms with Gasteiger partial charge in [-0.2, -0.15) is 0 Å². The minimum Gasteiger partial charge on any atom is -0.496 e. The van der Waals surface area contributed by atoms with Gasteiger partial charge in [0.2, 0.25) is 0 Å². The maximum atomic E-state index is 12.3. The fourth-order valence-electron chi connectivity index (χ4n) is 2.13. The zero-order valence-corrected chi connectivity index (χ0v) is 12.4. The molecule has 0 aliphatic carbocycles. The molecule has 2 N–H and O–H groups in total. The number of amides is 1. The number of methoxy groups -OCH3 is 1. The van der Waals surface area contributed by atoms with Crippen LogP contribution in [-0.2, 0) is 0 Å². The van der Waals surface area contributed by atoms with Gasteiger partial charge >= 0.3 is 0 Å². The van der Waals surface area contributed by atoms with Crippen molar-refractivity contribution >= 4 is 11.6 Å². The number of ether oxygens (including phenoxy) is 1. The summed E-state index contributed by atoms with van der Waals surface area (Å²) in [6, 6.07) is 12.5. The van der Waals surface area contributed by atoms with Crippen LogP contribution in [0.1, 0.15) is 34.5 Å². The molecule has 0 bridgehead atoms. The van der Waals surface area contributed by atoms with E-state index in [0.29, 0.717) is 22.6 Å². The lowest BCUT2D eigenvalue weighted by Gasteiger charge is -2.13. The van der Waals surface area contributed by atoms with Crippen molar-refractivity contribution in [1.82, 2.24) is 0 Å². The molecule has 0 fully saturated rings. The van der Waals surface area contributed by atoms with Gasteiger partial charge < -0.3 is 15.2 Å². The van der Waals surface area contributed by atoms with Gasteiger partial charge in [-0.05, 0) is 37.6 Å². The first-order chi connectivity index (χ1) is 10.0.